The number of fused-ring (bicyclic) bond motifs is 1. The minimum atomic E-state index is -0.419. The number of rotatable bonds is 2. The van der Waals surface area contributed by atoms with E-state index in [0.29, 0.717) is 27.6 Å². The molecule has 4 rings (SSSR count). The molecule has 1 amide bonds. The first-order chi connectivity index (χ1) is 14.6. The Kier molecular flexibility index (Phi) is 5.12. The number of nitrogens with one attached hydrogen (secondary N) is 2. The summed E-state index contributed by atoms with van der Waals surface area (Å²) in [6.45, 7) is 0. The normalized spacial score (nSPS) is 12.0. The van der Waals surface area contributed by atoms with Gasteiger partial charge in [-0.1, -0.05) is 12.1 Å². The molecule has 0 aliphatic carbocycles. The number of aromatic nitrogens is 1. The van der Waals surface area contributed by atoms with Crippen molar-refractivity contribution in [2.24, 2.45) is 4.99 Å². The highest BCUT2D eigenvalue weighted by Crippen LogP contribution is 2.31. The number of halogens is 1. The Balaban J connectivity index is 1.75. The quantitative estimate of drug-likeness (QED) is 0.445. The van der Waals surface area contributed by atoms with Gasteiger partial charge in [-0.25, -0.2) is 0 Å². The van der Waals surface area contributed by atoms with Crippen molar-refractivity contribution in [2.75, 3.05) is 10.6 Å². The summed E-state index contributed by atoms with van der Waals surface area (Å²) in [4.78, 5) is 17.0. The second-order valence-electron chi connectivity index (χ2n) is 6.11. The lowest BCUT2D eigenvalue weighted by Crippen LogP contribution is -2.46. The zero-order valence-electron chi connectivity index (χ0n) is 15.3. The summed E-state index contributed by atoms with van der Waals surface area (Å²) >= 11 is 3.17. The number of aliphatic imine (C=N–C) groups is 1. The molecule has 3 heterocycles. The van der Waals surface area contributed by atoms with Gasteiger partial charge in [-0.15, -0.1) is 0 Å². The number of nitriles is 2. The SMILES string of the molecule is N#CC(C#N)=C1Nc2ccccc2N=C1[n+]1cccc(NC(=O)c2ccc(Br)o2)c1. The molecule has 8 nitrogen and oxygen atoms in total. The van der Waals surface area contributed by atoms with E-state index in [1.165, 1.54) is 0 Å². The predicted molar refractivity (Wildman–Crippen MR) is 112 cm³/mol. The molecule has 0 radical (unpaired) electrons. The van der Waals surface area contributed by atoms with Crippen LogP contribution in [0.5, 0.6) is 0 Å². The fraction of sp³-hybridized carbons (Fsp3) is 0. The molecule has 0 atom stereocenters. The lowest BCUT2D eigenvalue weighted by atomic mass is 10.1. The van der Waals surface area contributed by atoms with E-state index < -0.39 is 5.91 Å². The maximum Gasteiger partial charge on any atom is 0.354 e. The molecule has 0 saturated carbocycles. The van der Waals surface area contributed by atoms with E-state index in [-0.39, 0.29) is 17.0 Å². The van der Waals surface area contributed by atoms with Gasteiger partial charge < -0.3 is 15.1 Å². The third-order valence-corrected chi connectivity index (χ3v) is 4.61. The Morgan fingerprint density at radius 1 is 1.13 bits per heavy atom. The number of furan rings is 1. The zero-order valence-corrected chi connectivity index (χ0v) is 16.8. The van der Waals surface area contributed by atoms with Gasteiger partial charge in [0.1, 0.15) is 18.3 Å². The number of benzene rings is 1. The molecule has 0 unspecified atom stereocenters. The second kappa shape index (κ2) is 8.03. The maximum absolute atomic E-state index is 12.4. The maximum atomic E-state index is 12.4. The number of hydrogen-bond donors (Lipinski definition) is 2. The van der Waals surface area contributed by atoms with Crippen LogP contribution in [0.2, 0.25) is 0 Å². The zero-order chi connectivity index (χ0) is 21.1. The molecule has 3 aromatic rings. The molecule has 30 heavy (non-hydrogen) atoms. The topological polar surface area (TPSA) is 118 Å². The van der Waals surface area contributed by atoms with Gasteiger partial charge in [0.05, 0.1) is 17.6 Å². The largest absolute Gasteiger partial charge is 0.444 e. The molecule has 0 bridgehead atoms. The molecule has 9 heteroatoms. The Morgan fingerprint density at radius 2 is 1.93 bits per heavy atom. The third kappa shape index (κ3) is 3.70. The van der Waals surface area contributed by atoms with Gasteiger partial charge in [0.15, 0.2) is 27.4 Å². The molecular weight excluding hydrogens is 448 g/mol. The van der Waals surface area contributed by atoms with Gasteiger partial charge in [-0.05, 0) is 57.3 Å². The summed E-state index contributed by atoms with van der Waals surface area (Å²) in [6.07, 6.45) is 3.34. The van der Waals surface area contributed by atoms with Crippen LogP contribution in [0.4, 0.5) is 17.1 Å². The number of nitrogens with zero attached hydrogens (tertiary/aromatic N) is 4. The summed E-state index contributed by atoms with van der Waals surface area (Å²) < 4.78 is 7.34. The van der Waals surface area contributed by atoms with Crippen molar-refractivity contribution in [3.05, 3.63) is 82.6 Å². The molecule has 0 fully saturated rings. The summed E-state index contributed by atoms with van der Waals surface area (Å²) in [5.74, 6) is 0.0846. The minimum absolute atomic E-state index is 0.106. The van der Waals surface area contributed by atoms with Crippen molar-refractivity contribution < 1.29 is 13.8 Å². The van der Waals surface area contributed by atoms with Gasteiger partial charge >= 0.3 is 5.84 Å². The standard InChI is InChI=1S/C21H11BrN6O2/c22-18-8-7-17(30-18)21(29)25-14-4-3-9-28(12-14)20-19(13(10-23)11-24)26-15-5-1-2-6-16(15)27-20/h1-9,12,26H/p+1. The minimum Gasteiger partial charge on any atom is -0.444 e. The monoisotopic (exact) mass is 459 g/mol. The van der Waals surface area contributed by atoms with E-state index in [4.69, 9.17) is 4.42 Å². The number of hydrogen-bond acceptors (Lipinski definition) is 6. The van der Waals surface area contributed by atoms with Gasteiger partial charge in [0.25, 0.3) is 5.91 Å². The summed E-state index contributed by atoms with van der Waals surface area (Å²) in [5.41, 5.74) is 2.00. The molecule has 2 N–H and O–H groups in total. The van der Waals surface area contributed by atoms with E-state index in [0.717, 1.165) is 0 Å². The molecule has 0 saturated heterocycles. The highest BCUT2D eigenvalue weighted by Gasteiger charge is 2.30. The van der Waals surface area contributed by atoms with E-state index in [9.17, 15) is 15.3 Å². The van der Waals surface area contributed by atoms with Crippen LogP contribution in [0.15, 0.2) is 86.3 Å². The Hall–Kier alpha value is -4.21. The first-order valence-corrected chi connectivity index (χ1v) is 9.46. The van der Waals surface area contributed by atoms with E-state index >= 15 is 0 Å². The van der Waals surface area contributed by atoms with Crippen LogP contribution in [0.3, 0.4) is 0 Å². The van der Waals surface area contributed by atoms with Crippen molar-refractivity contribution in [1.82, 2.24) is 0 Å². The average Bonchev–Trinajstić information content (AvgIpc) is 3.21. The van der Waals surface area contributed by atoms with Crippen LogP contribution in [-0.2, 0) is 0 Å². The Morgan fingerprint density at radius 3 is 2.67 bits per heavy atom. The van der Waals surface area contributed by atoms with Crippen LogP contribution in [0.1, 0.15) is 10.6 Å². The van der Waals surface area contributed by atoms with Gasteiger partial charge in [-0.3, -0.25) is 4.79 Å². The number of anilines is 2. The molecule has 1 aliphatic rings. The first-order valence-electron chi connectivity index (χ1n) is 8.67. The summed E-state index contributed by atoms with van der Waals surface area (Å²) in [7, 11) is 0. The van der Waals surface area contributed by atoms with E-state index in [1.54, 1.807) is 41.2 Å². The summed E-state index contributed by atoms with van der Waals surface area (Å²) in [5, 5.41) is 24.6. The fourth-order valence-electron chi connectivity index (χ4n) is 2.85. The van der Waals surface area contributed by atoms with Gasteiger partial charge in [0, 0.05) is 0 Å². The lowest BCUT2D eigenvalue weighted by Gasteiger charge is -2.15. The van der Waals surface area contributed by atoms with Crippen molar-refractivity contribution >= 4 is 44.7 Å². The molecular formula is C21H12BrN6O2+. The molecule has 144 valence electrons. The summed E-state index contributed by atoms with van der Waals surface area (Å²) in [6, 6.07) is 17.7. The number of amides is 1. The number of pyridine rings is 1. The van der Waals surface area contributed by atoms with Crippen molar-refractivity contribution in [2.45, 2.75) is 0 Å². The van der Waals surface area contributed by atoms with Crippen molar-refractivity contribution in [3.63, 3.8) is 0 Å². The smallest absolute Gasteiger partial charge is 0.354 e. The number of allylic oxidation sites excluding steroid dienone is 2. The van der Waals surface area contributed by atoms with Crippen LogP contribution in [0.25, 0.3) is 0 Å². The second-order valence-corrected chi connectivity index (χ2v) is 6.89. The molecule has 1 aromatic carbocycles. The number of carbonyl (C=O) groups is 1. The van der Waals surface area contributed by atoms with Crippen LogP contribution in [-0.4, -0.2) is 11.7 Å². The predicted octanol–water partition coefficient (Wildman–Crippen LogP) is 3.89. The Bertz CT molecular complexity index is 1290. The lowest BCUT2D eigenvalue weighted by molar-refractivity contribution is -0.553. The Labute approximate surface area is 179 Å². The number of carbonyl (C=O) groups excluding carboxylic acids is 1. The third-order valence-electron chi connectivity index (χ3n) is 4.19. The van der Waals surface area contributed by atoms with Gasteiger partial charge in [0.2, 0.25) is 0 Å². The van der Waals surface area contributed by atoms with E-state index in [1.807, 2.05) is 36.4 Å². The molecule has 1 aliphatic heterocycles. The highest BCUT2D eigenvalue weighted by molar-refractivity contribution is 9.10. The average molecular weight is 460 g/mol. The van der Waals surface area contributed by atoms with Crippen LogP contribution >= 0.6 is 15.9 Å². The fourth-order valence-corrected chi connectivity index (χ4v) is 3.15. The van der Waals surface area contributed by atoms with Crippen molar-refractivity contribution in [1.29, 1.82) is 10.5 Å². The molecule has 0 spiro atoms. The van der Waals surface area contributed by atoms with Crippen molar-refractivity contribution in [3.8, 4) is 12.1 Å². The number of para-hydroxylation sites is 2. The van der Waals surface area contributed by atoms with Crippen LogP contribution in [0, 0.1) is 22.7 Å². The first kappa shape index (κ1) is 19.1. The highest BCUT2D eigenvalue weighted by atomic mass is 79.9. The van der Waals surface area contributed by atoms with Gasteiger partial charge in [-0.2, -0.15) is 15.1 Å². The van der Waals surface area contributed by atoms with Crippen LogP contribution < -0.4 is 15.2 Å². The molecule has 2 aromatic heterocycles. The van der Waals surface area contributed by atoms with E-state index in [2.05, 4.69) is 31.6 Å².